The van der Waals surface area contributed by atoms with Crippen molar-refractivity contribution in [2.75, 3.05) is 24.7 Å². The molecule has 2 aromatic rings. The van der Waals surface area contributed by atoms with Crippen molar-refractivity contribution in [2.24, 2.45) is 0 Å². The fourth-order valence-corrected chi connectivity index (χ4v) is 1.21. The van der Waals surface area contributed by atoms with Crippen LogP contribution in [0, 0.1) is 5.95 Å². The molecule has 0 amide bonds. The van der Waals surface area contributed by atoms with Crippen LogP contribution in [0.3, 0.4) is 0 Å². The summed E-state index contributed by atoms with van der Waals surface area (Å²) in [4.78, 5) is 21.8. The molecule has 0 aromatic carbocycles. The first-order valence-corrected chi connectivity index (χ1v) is 4.55. The van der Waals surface area contributed by atoms with E-state index in [1.807, 2.05) is 0 Å². The number of H-pyrrole nitrogens is 1. The van der Waals surface area contributed by atoms with Crippen LogP contribution in [-0.4, -0.2) is 34.2 Å². The summed E-state index contributed by atoms with van der Waals surface area (Å²) in [6.07, 6.45) is 0. The number of hydrogen-bond acceptors (Lipinski definition) is 7. The zero-order valence-corrected chi connectivity index (χ0v) is 9.06. The molecule has 8 nitrogen and oxygen atoms in total. The number of aromatic nitrogens is 4. The lowest BCUT2D eigenvalue weighted by molar-refractivity contribution is 0.387. The molecule has 2 aromatic heterocycles. The molecule has 0 bridgehead atoms. The Morgan fingerprint density at radius 1 is 1.41 bits per heavy atom. The summed E-state index contributed by atoms with van der Waals surface area (Å²) < 4.78 is 17.8. The van der Waals surface area contributed by atoms with E-state index >= 15 is 0 Å². The molecule has 0 saturated carbocycles. The summed E-state index contributed by atoms with van der Waals surface area (Å²) in [6.45, 7) is 0. The van der Waals surface area contributed by atoms with Crippen LogP contribution in [0.2, 0.25) is 0 Å². The maximum absolute atomic E-state index is 13.6. The van der Waals surface area contributed by atoms with Gasteiger partial charge < -0.3 is 10.6 Å². The lowest BCUT2D eigenvalue weighted by atomic mass is 10.4. The minimum Gasteiger partial charge on any atom is -0.382 e. The second-order valence-electron chi connectivity index (χ2n) is 3.41. The Morgan fingerprint density at radius 3 is 2.65 bits per heavy atom. The molecule has 0 atom stereocenters. The van der Waals surface area contributed by atoms with E-state index in [0.717, 1.165) is 0 Å². The Labute approximate surface area is 94.3 Å². The second kappa shape index (κ2) is 3.85. The number of nitrogens with zero attached hydrogens (tertiary/aromatic N) is 4. The first-order chi connectivity index (χ1) is 7.99. The average Bonchev–Trinajstić information content (AvgIpc) is 2.67. The van der Waals surface area contributed by atoms with Crippen molar-refractivity contribution in [3.05, 3.63) is 16.5 Å². The Bertz CT molecular complexity index is 604. The van der Waals surface area contributed by atoms with Gasteiger partial charge in [0.25, 0.3) is 5.95 Å². The molecule has 0 fully saturated rings. The maximum Gasteiger partial charge on any atom is 0.439 e. The summed E-state index contributed by atoms with van der Waals surface area (Å²) in [7, 11) is 3.20. The number of nitrogens with one attached hydrogen (secondary N) is 1. The molecule has 0 unspecified atom stereocenters. The predicted octanol–water partition coefficient (Wildman–Crippen LogP) is -0.393. The van der Waals surface area contributed by atoms with Gasteiger partial charge in [0.05, 0.1) is 0 Å². The van der Waals surface area contributed by atoms with Gasteiger partial charge in [-0.3, -0.25) is 9.51 Å². The van der Waals surface area contributed by atoms with E-state index in [0.29, 0.717) is 0 Å². The largest absolute Gasteiger partial charge is 0.439 e. The molecule has 2 heterocycles. The topological polar surface area (TPSA) is 114 Å². The number of anilines is 2. The van der Waals surface area contributed by atoms with Crippen LogP contribution in [0.1, 0.15) is 0 Å². The number of rotatable bonds is 2. The van der Waals surface area contributed by atoms with Gasteiger partial charge in [-0.2, -0.15) is 4.39 Å². The van der Waals surface area contributed by atoms with Crippen molar-refractivity contribution >= 4 is 11.6 Å². The normalized spacial score (nSPS) is 10.5. The predicted molar refractivity (Wildman–Crippen MR) is 56.8 cm³/mol. The van der Waals surface area contributed by atoms with E-state index in [-0.39, 0.29) is 23.2 Å². The summed E-state index contributed by atoms with van der Waals surface area (Å²) in [5.74, 6) is -1.72. The lowest BCUT2D eigenvalue weighted by Crippen LogP contribution is -2.15. The third kappa shape index (κ3) is 1.94. The van der Waals surface area contributed by atoms with E-state index in [1.165, 1.54) is 4.90 Å². The number of halogens is 1. The molecule has 0 spiro atoms. The van der Waals surface area contributed by atoms with Crippen LogP contribution in [-0.2, 0) is 0 Å². The smallest absolute Gasteiger partial charge is 0.382 e. The lowest BCUT2D eigenvalue weighted by Gasteiger charge is -2.12. The average molecular weight is 240 g/mol. The minimum absolute atomic E-state index is 0.00269. The van der Waals surface area contributed by atoms with Crippen LogP contribution in [0.4, 0.5) is 16.0 Å². The van der Waals surface area contributed by atoms with Crippen LogP contribution < -0.4 is 16.4 Å². The fraction of sp³-hybridized carbons (Fsp3) is 0.250. The van der Waals surface area contributed by atoms with Gasteiger partial charge in [-0.1, -0.05) is 5.16 Å². The van der Waals surface area contributed by atoms with Crippen molar-refractivity contribution in [2.45, 2.75) is 0 Å². The quantitative estimate of drug-likeness (QED) is 0.734. The summed E-state index contributed by atoms with van der Waals surface area (Å²) >= 11 is 0. The number of nitrogen functional groups attached to an aromatic ring is 1. The Balaban J connectivity index is 2.57. The minimum atomic E-state index is -0.817. The Hall–Kier alpha value is -2.45. The van der Waals surface area contributed by atoms with Gasteiger partial charge >= 0.3 is 5.76 Å². The summed E-state index contributed by atoms with van der Waals surface area (Å²) in [5.41, 5.74) is 5.53. The van der Waals surface area contributed by atoms with Crippen LogP contribution >= 0.6 is 0 Å². The van der Waals surface area contributed by atoms with Gasteiger partial charge in [0.2, 0.25) is 5.82 Å². The first kappa shape index (κ1) is 11.0. The van der Waals surface area contributed by atoms with Crippen molar-refractivity contribution in [1.82, 2.24) is 20.1 Å². The standard InChI is InChI=1S/C8H9FN6O2/c1-15(2)7-4(9)11-3(5(10)12-7)6-13-8(16)17-14-6/h1-2H3,(H2,10,12)(H,13,14,16). The highest BCUT2D eigenvalue weighted by Crippen LogP contribution is 2.22. The van der Waals surface area contributed by atoms with Gasteiger partial charge in [0.1, 0.15) is 0 Å². The van der Waals surface area contributed by atoms with E-state index in [1.54, 1.807) is 14.1 Å². The SMILES string of the molecule is CN(C)c1nc(N)c(-c2noc(=O)[nH]2)nc1F. The molecule has 17 heavy (non-hydrogen) atoms. The molecule has 3 N–H and O–H groups in total. The highest BCUT2D eigenvalue weighted by Gasteiger charge is 2.17. The molecular weight excluding hydrogens is 231 g/mol. The van der Waals surface area contributed by atoms with E-state index in [4.69, 9.17) is 5.73 Å². The van der Waals surface area contributed by atoms with Crippen molar-refractivity contribution < 1.29 is 8.91 Å². The maximum atomic E-state index is 13.6. The Morgan fingerprint density at radius 2 is 2.12 bits per heavy atom. The third-order valence-electron chi connectivity index (χ3n) is 1.95. The highest BCUT2D eigenvalue weighted by molar-refractivity contribution is 5.64. The number of aromatic amines is 1. The van der Waals surface area contributed by atoms with Crippen LogP contribution in [0.15, 0.2) is 9.32 Å². The van der Waals surface area contributed by atoms with Gasteiger partial charge in [-0.25, -0.2) is 14.8 Å². The third-order valence-corrected chi connectivity index (χ3v) is 1.95. The molecule has 0 aliphatic rings. The van der Waals surface area contributed by atoms with Crippen LogP contribution in [0.25, 0.3) is 11.5 Å². The molecule has 9 heteroatoms. The van der Waals surface area contributed by atoms with E-state index in [2.05, 4.69) is 24.6 Å². The zero-order valence-electron chi connectivity index (χ0n) is 9.06. The van der Waals surface area contributed by atoms with E-state index < -0.39 is 11.7 Å². The van der Waals surface area contributed by atoms with Gasteiger partial charge in [0, 0.05) is 14.1 Å². The van der Waals surface area contributed by atoms with Gasteiger partial charge in [-0.05, 0) is 0 Å². The molecule has 90 valence electrons. The van der Waals surface area contributed by atoms with Gasteiger partial charge in [-0.15, -0.1) is 0 Å². The van der Waals surface area contributed by atoms with Crippen molar-refractivity contribution in [3.63, 3.8) is 0 Å². The highest BCUT2D eigenvalue weighted by atomic mass is 19.1. The molecule has 0 aliphatic heterocycles. The molecule has 0 aliphatic carbocycles. The Kier molecular flexibility index (Phi) is 2.50. The van der Waals surface area contributed by atoms with Crippen LogP contribution in [0.5, 0.6) is 0 Å². The molecule has 0 radical (unpaired) electrons. The zero-order chi connectivity index (χ0) is 12.6. The van der Waals surface area contributed by atoms with Crippen molar-refractivity contribution in [1.29, 1.82) is 0 Å². The molecular formula is C8H9FN6O2. The first-order valence-electron chi connectivity index (χ1n) is 4.55. The monoisotopic (exact) mass is 240 g/mol. The summed E-state index contributed by atoms with van der Waals surface area (Å²) in [6, 6.07) is 0. The molecule has 0 saturated heterocycles. The van der Waals surface area contributed by atoms with Gasteiger partial charge in [0.15, 0.2) is 17.3 Å². The number of hydrogen-bond donors (Lipinski definition) is 2. The van der Waals surface area contributed by atoms with E-state index in [9.17, 15) is 9.18 Å². The summed E-state index contributed by atoms with van der Waals surface area (Å²) in [5, 5.41) is 3.36. The fourth-order valence-electron chi connectivity index (χ4n) is 1.21. The number of nitrogens with two attached hydrogens (primary N) is 1. The molecule has 2 rings (SSSR count). The van der Waals surface area contributed by atoms with Crippen molar-refractivity contribution in [3.8, 4) is 11.5 Å². The second-order valence-corrected chi connectivity index (χ2v) is 3.41.